The summed E-state index contributed by atoms with van der Waals surface area (Å²) < 4.78 is 64.9. The largest absolute Gasteiger partial charge is 0.400 e. The number of aliphatic hydroxyl groups is 3. The van der Waals surface area contributed by atoms with Gasteiger partial charge in [0.05, 0.1) is 22.3 Å². The van der Waals surface area contributed by atoms with Crippen molar-refractivity contribution in [2.24, 2.45) is 5.92 Å². The molecule has 9 N–H and O–H groups in total. The van der Waals surface area contributed by atoms with Gasteiger partial charge in [0.15, 0.2) is 0 Å². The molecule has 0 amide bonds. The van der Waals surface area contributed by atoms with Crippen molar-refractivity contribution >= 4 is 32.4 Å². The standard InChI is InChI=1S/C49H70N4O6S2.C4H10O.C2H6.2CH4O/c1-6-9-10-27-53-61(55,56)33-12-30-58-48-46-35-40(38-15-21-42(51)22-16-38)18-24-44(46)43-23-17-39(37-13-19-41(50)20-14-37)34-45(43)47(48)57-29-11-32-60(54)52-28-26-49(5,8-3)59-31-25-36(4)7-2;1-2-3-4-5;3*1-2/h13-24,34-36,47-48,52-53H,6-12,25-33,50-51H2,1-5H3;5H,2-4H2,1H3;1-2H3;2*2H,1H3. The molecule has 15 heteroatoms. The molecule has 4 aromatic rings. The van der Waals surface area contributed by atoms with E-state index in [2.05, 4.69) is 87.4 Å². The maximum atomic E-state index is 13.2. The highest BCUT2D eigenvalue weighted by atomic mass is 32.2. The lowest BCUT2D eigenvalue weighted by molar-refractivity contribution is -0.0788. The summed E-state index contributed by atoms with van der Waals surface area (Å²) in [6.07, 6.45) is 8.51. The fourth-order valence-corrected chi connectivity index (χ4v) is 9.68. The third kappa shape index (κ3) is 23.6. The molecule has 5 rings (SSSR count). The first-order valence-electron chi connectivity index (χ1n) is 26.2. The van der Waals surface area contributed by atoms with E-state index in [1.165, 1.54) is 0 Å². The van der Waals surface area contributed by atoms with Gasteiger partial charge in [-0.25, -0.2) is 22.1 Å². The minimum Gasteiger partial charge on any atom is -0.400 e. The van der Waals surface area contributed by atoms with E-state index in [4.69, 9.17) is 41.0 Å². The highest BCUT2D eigenvalue weighted by molar-refractivity contribution is 7.89. The molecule has 13 nitrogen and oxygen atoms in total. The Hall–Kier alpha value is -3.74. The first-order valence-corrected chi connectivity index (χ1v) is 29.2. The van der Waals surface area contributed by atoms with Gasteiger partial charge in [-0.3, -0.25) is 0 Å². The number of sulfonamides is 1. The normalized spacial score (nSPS) is 15.2. The molecule has 0 radical (unpaired) electrons. The van der Waals surface area contributed by atoms with Crippen LogP contribution in [0.15, 0.2) is 84.9 Å². The Balaban J connectivity index is 0.00000216. The van der Waals surface area contributed by atoms with Crippen LogP contribution in [0.3, 0.4) is 0 Å². The van der Waals surface area contributed by atoms with E-state index in [1.807, 2.05) is 62.4 Å². The molecule has 0 saturated heterocycles. The van der Waals surface area contributed by atoms with Gasteiger partial charge in [0.1, 0.15) is 12.2 Å². The summed E-state index contributed by atoms with van der Waals surface area (Å²) in [5.74, 6) is 1.03. The van der Waals surface area contributed by atoms with Crippen LogP contribution in [0.2, 0.25) is 0 Å². The SMILES string of the molecule is CC.CCCCCNS(=O)(=O)CCCOC1c2cc(-c3ccc(N)cc3)ccc2-c2ccc(-c3ccc(N)cc3)cc2C1OCCCS(=O)NCCC(C)(CC)OCCC(C)CC.CCCCO.CO.CO. The summed E-state index contributed by atoms with van der Waals surface area (Å²) in [5, 5.41) is 22.1. The highest BCUT2D eigenvalue weighted by Gasteiger charge is 2.36. The molecule has 0 bridgehead atoms. The minimum absolute atomic E-state index is 0.0337. The molecule has 0 fully saturated rings. The lowest BCUT2D eigenvalue weighted by Gasteiger charge is -2.36. The summed E-state index contributed by atoms with van der Waals surface area (Å²) in [5.41, 5.74) is 21.3. The Kier molecular flexibility index (Phi) is 34.9. The number of aliphatic hydroxyl groups excluding tert-OH is 3. The van der Waals surface area contributed by atoms with Crippen molar-refractivity contribution < 1.29 is 42.2 Å². The van der Waals surface area contributed by atoms with Gasteiger partial charge in [-0.05, 0) is 139 Å². The lowest BCUT2D eigenvalue weighted by Crippen LogP contribution is -2.34. The summed E-state index contributed by atoms with van der Waals surface area (Å²) in [4.78, 5) is 0. The molecular formula is C57H94N4O9S2. The molecule has 1 aliphatic rings. The van der Waals surface area contributed by atoms with Gasteiger partial charge in [-0.15, -0.1) is 0 Å². The number of fused-ring (bicyclic) bond motifs is 3. The quantitative estimate of drug-likeness (QED) is 0.0201. The predicted molar refractivity (Wildman–Crippen MR) is 303 cm³/mol. The fraction of sp³-hybridized carbons (Fsp3) is 0.579. The van der Waals surface area contributed by atoms with E-state index in [-0.39, 0.29) is 18.0 Å². The van der Waals surface area contributed by atoms with Crippen LogP contribution in [-0.4, -0.2) is 98.8 Å². The second kappa shape index (κ2) is 37.9. The minimum atomic E-state index is -3.45. The van der Waals surface area contributed by atoms with Crippen molar-refractivity contribution in [3.63, 3.8) is 0 Å². The number of unbranched alkanes of at least 4 members (excludes halogenated alkanes) is 3. The first-order chi connectivity index (χ1) is 34.8. The topological polar surface area (TPSA) is 216 Å². The average molecular weight is 1040 g/mol. The predicted octanol–water partition coefficient (Wildman–Crippen LogP) is 11.2. The van der Waals surface area contributed by atoms with Gasteiger partial charge in [0.2, 0.25) is 10.0 Å². The summed E-state index contributed by atoms with van der Waals surface area (Å²) in [7, 11) is -2.69. The average Bonchev–Trinajstić information content (AvgIpc) is 3.40. The molecule has 0 aromatic heterocycles. The second-order valence-electron chi connectivity index (χ2n) is 17.8. The molecule has 5 atom stereocenters. The molecule has 72 heavy (non-hydrogen) atoms. The van der Waals surface area contributed by atoms with E-state index in [0.717, 1.165) is 123 Å². The van der Waals surface area contributed by atoms with Gasteiger partial charge in [0.25, 0.3) is 0 Å². The maximum absolute atomic E-state index is 13.2. The van der Waals surface area contributed by atoms with Crippen LogP contribution >= 0.6 is 0 Å². The van der Waals surface area contributed by atoms with E-state index < -0.39 is 33.2 Å². The van der Waals surface area contributed by atoms with Crippen LogP contribution in [0.25, 0.3) is 33.4 Å². The van der Waals surface area contributed by atoms with E-state index in [9.17, 15) is 12.6 Å². The smallest absolute Gasteiger partial charge is 0.211 e. The number of benzene rings is 4. The summed E-state index contributed by atoms with van der Waals surface area (Å²) in [6.45, 7) is 19.6. The Morgan fingerprint density at radius 2 is 1.17 bits per heavy atom. The van der Waals surface area contributed by atoms with Gasteiger partial charge in [0, 0.05) is 70.9 Å². The highest BCUT2D eigenvalue weighted by Crippen LogP contribution is 2.50. The van der Waals surface area contributed by atoms with Crippen molar-refractivity contribution in [2.75, 3.05) is 76.7 Å². The Labute approximate surface area is 437 Å². The summed E-state index contributed by atoms with van der Waals surface area (Å²) in [6, 6.07) is 28.4. The number of hydrogen-bond acceptors (Lipinski definition) is 11. The molecule has 0 heterocycles. The second-order valence-corrected chi connectivity index (χ2v) is 21.1. The van der Waals surface area contributed by atoms with Gasteiger partial charge < -0.3 is 41.0 Å². The molecule has 5 unspecified atom stereocenters. The lowest BCUT2D eigenvalue weighted by atomic mass is 9.79. The maximum Gasteiger partial charge on any atom is 0.211 e. The molecule has 0 spiro atoms. The van der Waals surface area contributed by atoms with Crippen LogP contribution in [0.5, 0.6) is 0 Å². The molecule has 408 valence electrons. The van der Waals surface area contributed by atoms with E-state index in [1.54, 1.807) is 0 Å². The number of rotatable bonds is 29. The Morgan fingerprint density at radius 1 is 0.681 bits per heavy atom. The van der Waals surface area contributed by atoms with Crippen molar-refractivity contribution in [1.29, 1.82) is 0 Å². The van der Waals surface area contributed by atoms with Gasteiger partial charge >= 0.3 is 0 Å². The van der Waals surface area contributed by atoms with Crippen molar-refractivity contribution in [3.05, 3.63) is 96.1 Å². The zero-order valence-electron chi connectivity index (χ0n) is 45.5. The molecular weight excluding hydrogens is 949 g/mol. The third-order valence-corrected chi connectivity index (χ3v) is 15.1. The van der Waals surface area contributed by atoms with Gasteiger partial charge in [-0.2, -0.15) is 0 Å². The van der Waals surface area contributed by atoms with Crippen molar-refractivity contribution in [1.82, 2.24) is 9.44 Å². The number of nitrogen functional groups attached to an aromatic ring is 2. The Morgan fingerprint density at radius 3 is 1.61 bits per heavy atom. The third-order valence-electron chi connectivity index (χ3n) is 12.4. The van der Waals surface area contributed by atoms with Crippen LogP contribution in [0.4, 0.5) is 11.4 Å². The van der Waals surface area contributed by atoms with Crippen LogP contribution in [-0.2, 0) is 35.2 Å². The van der Waals surface area contributed by atoms with Crippen LogP contribution in [0.1, 0.15) is 149 Å². The number of nitrogens with one attached hydrogen (secondary N) is 2. The number of hydrogen-bond donors (Lipinski definition) is 7. The number of anilines is 2. The van der Waals surface area contributed by atoms with Gasteiger partial charge in [-0.1, -0.05) is 123 Å². The van der Waals surface area contributed by atoms with Crippen LogP contribution < -0.4 is 20.9 Å². The number of nitrogens with two attached hydrogens (primary N) is 2. The zero-order chi connectivity index (χ0) is 54.0. The van der Waals surface area contributed by atoms with Crippen molar-refractivity contribution in [3.8, 4) is 33.4 Å². The number of ether oxygens (including phenoxy) is 3. The molecule has 4 aromatic carbocycles. The Bertz CT molecular complexity index is 2160. The van der Waals surface area contributed by atoms with E-state index in [0.29, 0.717) is 62.2 Å². The summed E-state index contributed by atoms with van der Waals surface area (Å²) >= 11 is 0. The molecule has 0 saturated carbocycles. The van der Waals surface area contributed by atoms with E-state index >= 15 is 0 Å². The monoisotopic (exact) mass is 1040 g/mol. The van der Waals surface area contributed by atoms with Crippen molar-refractivity contribution in [2.45, 2.75) is 144 Å². The first kappa shape index (κ1) is 66.3. The van der Waals surface area contributed by atoms with Crippen LogP contribution in [0, 0.1) is 5.92 Å². The molecule has 1 aliphatic carbocycles. The fourth-order valence-electron chi connectivity index (χ4n) is 7.73. The zero-order valence-corrected chi connectivity index (χ0v) is 47.1. The molecule has 0 aliphatic heterocycles.